The Morgan fingerprint density at radius 1 is 0.903 bits per heavy atom. The predicted octanol–water partition coefficient (Wildman–Crippen LogP) is 4.53. The van der Waals surface area contributed by atoms with Crippen LogP contribution < -0.4 is 5.32 Å². The van der Waals surface area contributed by atoms with Gasteiger partial charge in [-0.2, -0.15) is 5.10 Å². The molecule has 0 aliphatic rings. The quantitative estimate of drug-likeness (QED) is 0.487. The molecule has 5 nitrogen and oxygen atoms in total. The highest BCUT2D eigenvalue weighted by Crippen LogP contribution is 2.25. The molecule has 4 rings (SSSR count). The normalized spacial score (nSPS) is 10.9. The molecule has 3 aromatic carbocycles. The average molecular weight is 411 g/mol. The lowest BCUT2D eigenvalue weighted by molar-refractivity contribution is 0.0963. The number of carbonyl (C=O) groups is 1. The highest BCUT2D eigenvalue weighted by Gasteiger charge is 2.14. The number of carbonyl (C=O) groups excluding carboxylic acids is 1. The number of nitrogens with zero attached hydrogens (tertiary/aromatic N) is 3. The van der Waals surface area contributed by atoms with Crippen molar-refractivity contribution in [3.63, 3.8) is 0 Å². The number of aromatic nitrogens is 2. The molecule has 0 aliphatic heterocycles. The highest BCUT2D eigenvalue weighted by molar-refractivity contribution is 5.93. The van der Waals surface area contributed by atoms with Gasteiger partial charge in [-0.3, -0.25) is 9.69 Å². The minimum absolute atomic E-state index is 0.0688. The van der Waals surface area contributed by atoms with E-state index in [0.29, 0.717) is 5.56 Å². The first-order valence-corrected chi connectivity index (χ1v) is 10.3. The van der Waals surface area contributed by atoms with Gasteiger partial charge >= 0.3 is 0 Å². The van der Waals surface area contributed by atoms with Crippen molar-refractivity contribution in [2.45, 2.75) is 13.1 Å². The molecule has 1 N–H and O–H groups in total. The summed E-state index contributed by atoms with van der Waals surface area (Å²) in [5.74, 6) is -0.0688. The monoisotopic (exact) mass is 410 g/mol. The molecule has 0 aliphatic carbocycles. The van der Waals surface area contributed by atoms with Gasteiger partial charge in [-0.05, 0) is 36.9 Å². The maximum Gasteiger partial charge on any atom is 0.251 e. The molecule has 0 radical (unpaired) electrons. The zero-order valence-corrected chi connectivity index (χ0v) is 17.8. The van der Waals surface area contributed by atoms with Crippen LogP contribution in [0.3, 0.4) is 0 Å². The maximum atomic E-state index is 11.7. The maximum absolute atomic E-state index is 11.7. The van der Waals surface area contributed by atoms with Crippen molar-refractivity contribution in [1.29, 1.82) is 0 Å². The third-order valence-corrected chi connectivity index (χ3v) is 5.19. The molecule has 4 aromatic rings. The summed E-state index contributed by atoms with van der Waals surface area (Å²) in [6.45, 7) is 1.53. The van der Waals surface area contributed by atoms with Crippen molar-refractivity contribution < 1.29 is 4.79 Å². The summed E-state index contributed by atoms with van der Waals surface area (Å²) >= 11 is 0. The Hall–Kier alpha value is -3.70. The molecule has 5 heteroatoms. The lowest BCUT2D eigenvalue weighted by Crippen LogP contribution is -2.19. The summed E-state index contributed by atoms with van der Waals surface area (Å²) in [5.41, 5.74) is 6.14. The van der Waals surface area contributed by atoms with Gasteiger partial charge < -0.3 is 5.32 Å². The van der Waals surface area contributed by atoms with Crippen LogP contribution in [-0.2, 0) is 13.1 Å². The van der Waals surface area contributed by atoms with Crippen molar-refractivity contribution in [1.82, 2.24) is 20.0 Å². The number of benzene rings is 3. The highest BCUT2D eigenvalue weighted by atomic mass is 16.1. The van der Waals surface area contributed by atoms with E-state index in [1.807, 2.05) is 65.3 Å². The summed E-state index contributed by atoms with van der Waals surface area (Å²) in [5, 5.41) is 7.55. The van der Waals surface area contributed by atoms with Crippen LogP contribution in [-0.4, -0.2) is 34.7 Å². The zero-order valence-electron chi connectivity index (χ0n) is 17.8. The molecule has 31 heavy (non-hydrogen) atoms. The van der Waals surface area contributed by atoms with E-state index >= 15 is 0 Å². The Morgan fingerprint density at radius 2 is 1.55 bits per heavy atom. The second kappa shape index (κ2) is 9.41. The van der Waals surface area contributed by atoms with E-state index in [1.165, 1.54) is 5.56 Å². The topological polar surface area (TPSA) is 50.2 Å². The van der Waals surface area contributed by atoms with Crippen LogP contribution in [0.25, 0.3) is 16.9 Å². The summed E-state index contributed by atoms with van der Waals surface area (Å²) in [4.78, 5) is 14.0. The van der Waals surface area contributed by atoms with Crippen molar-refractivity contribution in [2.75, 3.05) is 14.1 Å². The predicted molar refractivity (Wildman–Crippen MR) is 124 cm³/mol. The fraction of sp³-hybridized carbons (Fsp3) is 0.154. The molecular formula is C26H26N4O. The van der Waals surface area contributed by atoms with Crippen molar-refractivity contribution in [2.24, 2.45) is 0 Å². The Bertz CT molecular complexity index is 1140. The molecule has 0 spiro atoms. The molecule has 0 bridgehead atoms. The van der Waals surface area contributed by atoms with E-state index in [1.54, 1.807) is 7.05 Å². The first-order chi connectivity index (χ1) is 15.1. The van der Waals surface area contributed by atoms with E-state index in [-0.39, 0.29) is 5.91 Å². The first-order valence-electron chi connectivity index (χ1n) is 10.3. The number of nitrogens with one attached hydrogen (secondary N) is 1. The van der Waals surface area contributed by atoms with Crippen LogP contribution in [0.2, 0.25) is 0 Å². The lowest BCUT2D eigenvalue weighted by Gasteiger charge is -2.17. The van der Waals surface area contributed by atoms with Crippen molar-refractivity contribution in [3.8, 4) is 16.9 Å². The van der Waals surface area contributed by atoms with Gasteiger partial charge in [-0.25, -0.2) is 4.68 Å². The van der Waals surface area contributed by atoms with Gasteiger partial charge in [-0.1, -0.05) is 60.7 Å². The van der Waals surface area contributed by atoms with Crippen LogP contribution in [0, 0.1) is 0 Å². The van der Waals surface area contributed by atoms with Gasteiger partial charge in [0, 0.05) is 43.0 Å². The number of amides is 1. The summed E-state index contributed by atoms with van der Waals surface area (Å²) in [6, 6.07) is 28.2. The second-order valence-electron chi connectivity index (χ2n) is 7.60. The van der Waals surface area contributed by atoms with Gasteiger partial charge in [0.15, 0.2) is 0 Å². The van der Waals surface area contributed by atoms with E-state index in [0.717, 1.165) is 35.6 Å². The number of hydrogen-bond acceptors (Lipinski definition) is 3. The molecule has 0 fully saturated rings. The second-order valence-corrected chi connectivity index (χ2v) is 7.60. The number of hydrogen-bond donors (Lipinski definition) is 1. The minimum atomic E-state index is -0.0688. The zero-order chi connectivity index (χ0) is 21.6. The SMILES string of the molecule is CNC(=O)c1ccc(CN(C)Cc2cn(-c3ccccc3)nc2-c2ccccc2)cc1. The third kappa shape index (κ3) is 4.90. The summed E-state index contributed by atoms with van der Waals surface area (Å²) in [7, 11) is 3.74. The number of rotatable bonds is 7. The van der Waals surface area contributed by atoms with E-state index in [4.69, 9.17) is 5.10 Å². The van der Waals surface area contributed by atoms with Gasteiger partial charge in [0.1, 0.15) is 0 Å². The molecule has 156 valence electrons. The molecule has 1 aromatic heterocycles. The lowest BCUT2D eigenvalue weighted by atomic mass is 10.1. The van der Waals surface area contributed by atoms with Crippen molar-refractivity contribution >= 4 is 5.91 Å². The smallest absolute Gasteiger partial charge is 0.251 e. The molecule has 1 heterocycles. The van der Waals surface area contributed by atoms with E-state index in [2.05, 4.69) is 47.7 Å². The van der Waals surface area contributed by atoms with Crippen LogP contribution in [0.15, 0.2) is 91.1 Å². The molecular weight excluding hydrogens is 384 g/mol. The Morgan fingerprint density at radius 3 is 2.19 bits per heavy atom. The Kier molecular flexibility index (Phi) is 6.24. The first kappa shape index (κ1) is 20.6. The summed E-state index contributed by atoms with van der Waals surface area (Å²) in [6.07, 6.45) is 2.11. The van der Waals surface area contributed by atoms with Gasteiger partial charge in [0.25, 0.3) is 5.91 Å². The fourth-order valence-electron chi connectivity index (χ4n) is 3.64. The van der Waals surface area contributed by atoms with Gasteiger partial charge in [0.05, 0.1) is 11.4 Å². The Balaban J connectivity index is 1.56. The molecule has 0 unspecified atom stereocenters. The Labute approximate surface area is 183 Å². The number of para-hydroxylation sites is 1. The molecule has 1 amide bonds. The van der Waals surface area contributed by atoms with Crippen LogP contribution in [0.4, 0.5) is 0 Å². The summed E-state index contributed by atoms with van der Waals surface area (Å²) < 4.78 is 1.95. The van der Waals surface area contributed by atoms with Crippen LogP contribution in [0.1, 0.15) is 21.5 Å². The average Bonchev–Trinajstić information content (AvgIpc) is 3.24. The van der Waals surface area contributed by atoms with E-state index in [9.17, 15) is 4.79 Å². The fourth-order valence-corrected chi connectivity index (χ4v) is 3.64. The molecule has 0 atom stereocenters. The van der Waals surface area contributed by atoms with Crippen molar-refractivity contribution in [3.05, 3.63) is 108 Å². The molecule has 0 saturated carbocycles. The third-order valence-electron chi connectivity index (χ3n) is 5.19. The van der Waals surface area contributed by atoms with Gasteiger partial charge in [-0.15, -0.1) is 0 Å². The van der Waals surface area contributed by atoms with Crippen LogP contribution >= 0.6 is 0 Å². The minimum Gasteiger partial charge on any atom is -0.355 e. The molecule has 0 saturated heterocycles. The van der Waals surface area contributed by atoms with Crippen LogP contribution in [0.5, 0.6) is 0 Å². The van der Waals surface area contributed by atoms with E-state index < -0.39 is 0 Å². The van der Waals surface area contributed by atoms with Gasteiger partial charge in [0.2, 0.25) is 0 Å². The largest absolute Gasteiger partial charge is 0.355 e. The standard InChI is InChI=1S/C26H26N4O/c1-27-26(31)22-15-13-20(14-16-22)17-29(2)18-23-19-30(24-11-7-4-8-12-24)28-25(23)21-9-5-3-6-10-21/h3-16,19H,17-18H2,1-2H3,(H,27,31).